The summed E-state index contributed by atoms with van der Waals surface area (Å²) >= 11 is 0. The first-order chi connectivity index (χ1) is 14.3. The summed E-state index contributed by atoms with van der Waals surface area (Å²) in [5.41, 5.74) is 4.90. The van der Waals surface area contributed by atoms with Gasteiger partial charge in [0.1, 0.15) is 0 Å². The molecular weight excluding hydrogens is 533 g/mol. The van der Waals surface area contributed by atoms with E-state index in [1.54, 1.807) is 0 Å². The first-order valence-corrected chi connectivity index (χ1v) is 9.94. The van der Waals surface area contributed by atoms with Crippen molar-refractivity contribution in [3.63, 3.8) is 0 Å². The third-order valence-corrected chi connectivity index (χ3v) is 5.69. The molecule has 147 valence electrons. The molecule has 0 amide bonds. The van der Waals surface area contributed by atoms with Crippen molar-refractivity contribution >= 4 is 57.6 Å². The van der Waals surface area contributed by atoms with Crippen LogP contribution in [0.4, 0.5) is 0 Å². The molecule has 0 fully saturated rings. The summed E-state index contributed by atoms with van der Waals surface area (Å²) in [7, 11) is 3.39. The van der Waals surface area contributed by atoms with Crippen LogP contribution in [0.15, 0.2) is 66.7 Å². The number of hydrogen-bond donors (Lipinski definition) is 3. The van der Waals surface area contributed by atoms with Gasteiger partial charge >= 0.3 is 0 Å². The van der Waals surface area contributed by atoms with E-state index in [0.29, 0.717) is 5.82 Å². The Balaban J connectivity index is 0.000000663. The van der Waals surface area contributed by atoms with Crippen LogP contribution in [0.2, 0.25) is 5.82 Å². The fourth-order valence-electron chi connectivity index (χ4n) is 4.39. The van der Waals surface area contributed by atoms with E-state index in [2.05, 4.69) is 96.1 Å². The maximum atomic E-state index is 7.00. The molecule has 3 radical (unpaired) electrons. The number of aliphatic hydroxyl groups is 1. The van der Waals surface area contributed by atoms with E-state index in [-0.39, 0.29) is 65.4 Å². The van der Waals surface area contributed by atoms with Crippen molar-refractivity contribution in [2.24, 2.45) is 0 Å². The fraction of sp³-hybridized carbons (Fsp3) is 0.120. The standard InChI is InChI=1S/C24H18BN2.CH4O.2Y/c1-3-7-21-17(5-1)19-13-15(9-11-23(19)26-21)25-16-10-12-24-20(14-16)18-6-2-4-8-22(18)27-24;1-2;;/h1-9,11-14,16,26-27H,10H2;2H,1H3;;. The second-order valence-electron chi connectivity index (χ2n) is 7.41. The molecule has 2 heterocycles. The van der Waals surface area contributed by atoms with Crippen molar-refractivity contribution in [3.8, 4) is 0 Å². The van der Waals surface area contributed by atoms with Gasteiger partial charge in [-0.25, -0.2) is 0 Å². The minimum Gasteiger partial charge on any atom is -0.400 e. The molecule has 3 nitrogen and oxygen atoms in total. The van der Waals surface area contributed by atoms with Crippen LogP contribution in [-0.2, 0) is 65.4 Å². The molecule has 1 atom stereocenters. The van der Waals surface area contributed by atoms with Crippen LogP contribution < -0.4 is 16.0 Å². The number of hydrogen-bond acceptors (Lipinski definition) is 1. The number of H-pyrrole nitrogens is 2. The molecule has 1 aliphatic carbocycles. The molecule has 2 aromatic heterocycles. The number of rotatable bonds is 2. The van der Waals surface area contributed by atoms with E-state index in [1.165, 1.54) is 48.7 Å². The van der Waals surface area contributed by atoms with Crippen LogP contribution in [0, 0.1) is 0 Å². The molecule has 3 aromatic carbocycles. The zero-order valence-electron chi connectivity index (χ0n) is 17.5. The summed E-state index contributed by atoms with van der Waals surface area (Å²) in [5.74, 6) is 0.416. The number of para-hydroxylation sites is 2. The van der Waals surface area contributed by atoms with Gasteiger partial charge in [0.2, 0.25) is 0 Å². The average molecular weight is 555 g/mol. The van der Waals surface area contributed by atoms with Gasteiger partial charge in [-0.05, 0) is 30.4 Å². The number of fused-ring (bicyclic) bond motifs is 6. The Kier molecular flexibility index (Phi) is 8.52. The largest absolute Gasteiger partial charge is 0.400 e. The molecule has 0 spiro atoms. The van der Waals surface area contributed by atoms with Gasteiger partial charge in [-0.3, -0.25) is 0 Å². The molecule has 0 aliphatic heterocycles. The van der Waals surface area contributed by atoms with Gasteiger partial charge < -0.3 is 15.1 Å². The predicted molar refractivity (Wildman–Crippen MR) is 124 cm³/mol. The van der Waals surface area contributed by atoms with Crippen molar-refractivity contribution in [1.29, 1.82) is 0 Å². The van der Waals surface area contributed by atoms with E-state index in [1.807, 2.05) is 0 Å². The van der Waals surface area contributed by atoms with Gasteiger partial charge in [0.25, 0.3) is 0 Å². The number of aromatic nitrogens is 2. The van der Waals surface area contributed by atoms with Crippen LogP contribution in [0.3, 0.4) is 0 Å². The summed E-state index contributed by atoms with van der Waals surface area (Å²) in [5, 5.41) is 13.5. The summed E-state index contributed by atoms with van der Waals surface area (Å²) in [6.07, 6.45) is 5.78. The third-order valence-electron chi connectivity index (χ3n) is 5.69. The van der Waals surface area contributed by atoms with Crippen LogP contribution >= 0.6 is 0 Å². The molecule has 0 saturated heterocycles. The molecule has 3 N–H and O–H groups in total. The summed E-state index contributed by atoms with van der Waals surface area (Å²) in [4.78, 5) is 7.04. The number of nitrogens with one attached hydrogen (secondary N) is 2. The van der Waals surface area contributed by atoms with Gasteiger partial charge in [-0.1, -0.05) is 66.1 Å². The Morgan fingerprint density at radius 1 is 0.774 bits per heavy atom. The number of aliphatic hydroxyl groups excluding tert-OH is 1. The minimum atomic E-state index is 0. The number of aromatic amines is 2. The minimum absolute atomic E-state index is 0. The summed E-state index contributed by atoms with van der Waals surface area (Å²) in [6.45, 7) is 0. The zero-order valence-corrected chi connectivity index (χ0v) is 23.1. The van der Waals surface area contributed by atoms with E-state index in [9.17, 15) is 0 Å². The maximum Gasteiger partial charge on any atom is 0.160 e. The van der Waals surface area contributed by atoms with Crippen molar-refractivity contribution in [2.75, 3.05) is 7.11 Å². The Labute approximate surface area is 232 Å². The Morgan fingerprint density at radius 2 is 1.42 bits per heavy atom. The van der Waals surface area contributed by atoms with Gasteiger partial charge in [-0.2, -0.15) is 0 Å². The zero-order chi connectivity index (χ0) is 19.8. The van der Waals surface area contributed by atoms with Gasteiger partial charge in [0, 0.05) is 116 Å². The van der Waals surface area contributed by atoms with E-state index in [4.69, 9.17) is 5.11 Å². The van der Waals surface area contributed by atoms with Crippen molar-refractivity contribution < 1.29 is 70.5 Å². The van der Waals surface area contributed by atoms with Crippen LogP contribution in [0.5, 0.6) is 0 Å². The molecule has 6 rings (SSSR count). The molecule has 5 aromatic rings. The van der Waals surface area contributed by atoms with Crippen LogP contribution in [0.1, 0.15) is 6.42 Å². The van der Waals surface area contributed by atoms with E-state index < -0.39 is 0 Å². The predicted octanol–water partition coefficient (Wildman–Crippen LogP) is 3.19. The average Bonchev–Trinajstić information content (AvgIpc) is 3.33. The first-order valence-electron chi connectivity index (χ1n) is 9.94. The molecule has 0 bridgehead atoms. The summed E-state index contributed by atoms with van der Waals surface area (Å²) < 4.78 is 0. The number of benzene rings is 3. The van der Waals surface area contributed by atoms with Gasteiger partial charge in [-0.15, -0.1) is 0 Å². The molecule has 1 unspecified atom stereocenters. The first kappa shape index (κ1) is 24.6. The van der Waals surface area contributed by atoms with E-state index in [0.717, 1.165) is 13.5 Å². The monoisotopic (exact) mass is 555 g/mol. The SMILES string of the molecule is CO.[B](c1ccc2[nH]c3ccccc3c2c1)C1C=c2c([nH]c3ccccc23)=CC1.[Y].[Y]. The van der Waals surface area contributed by atoms with Gasteiger partial charge in [0.15, 0.2) is 7.28 Å². The van der Waals surface area contributed by atoms with E-state index >= 15 is 0 Å². The Morgan fingerprint density at radius 3 is 2.19 bits per heavy atom. The summed E-state index contributed by atoms with van der Waals surface area (Å²) in [6, 6.07) is 23.8. The quantitative estimate of drug-likeness (QED) is 0.289. The molecular formula is C25H22BN2OY2. The molecule has 31 heavy (non-hydrogen) atoms. The van der Waals surface area contributed by atoms with Crippen molar-refractivity contribution in [1.82, 2.24) is 9.97 Å². The van der Waals surface area contributed by atoms with Crippen LogP contribution in [0.25, 0.3) is 44.9 Å². The smallest absolute Gasteiger partial charge is 0.160 e. The van der Waals surface area contributed by atoms with Crippen molar-refractivity contribution in [2.45, 2.75) is 12.2 Å². The molecule has 6 heteroatoms. The second-order valence-corrected chi connectivity index (χ2v) is 7.41. The normalized spacial score (nSPS) is 14.3. The molecule has 1 aliphatic rings. The third kappa shape index (κ3) is 4.70. The van der Waals surface area contributed by atoms with Crippen molar-refractivity contribution in [3.05, 3.63) is 77.3 Å². The van der Waals surface area contributed by atoms with Gasteiger partial charge in [0.05, 0.1) is 0 Å². The van der Waals surface area contributed by atoms with Crippen LogP contribution in [-0.4, -0.2) is 29.5 Å². The second kappa shape index (κ2) is 10.7. The Hall–Kier alpha value is -1.03. The Bertz CT molecular complexity index is 1460. The topological polar surface area (TPSA) is 51.8 Å². The molecule has 0 saturated carbocycles. The maximum absolute atomic E-state index is 7.00. The fourth-order valence-corrected chi connectivity index (χ4v) is 4.39.